The van der Waals surface area contributed by atoms with E-state index in [0.717, 1.165) is 18.6 Å². The van der Waals surface area contributed by atoms with Gasteiger partial charge in [0.15, 0.2) is 0 Å². The number of amidine groups is 1. The highest BCUT2D eigenvalue weighted by Gasteiger charge is 2.08. The van der Waals surface area contributed by atoms with E-state index in [4.69, 9.17) is 15.9 Å². The molecular weight excluding hydrogens is 267 g/mol. The Hall–Kier alpha value is -2.36. The molecule has 3 N–H and O–H groups in total. The molecule has 0 aliphatic rings. The lowest BCUT2D eigenvalue weighted by molar-refractivity contribution is 0.305. The predicted molar refractivity (Wildman–Crippen MR) is 82.2 cm³/mol. The van der Waals surface area contributed by atoms with Crippen LogP contribution in [0, 0.1) is 11.2 Å². The Morgan fingerprint density at radius 3 is 2.52 bits per heavy atom. The highest BCUT2D eigenvalue weighted by atomic mass is 19.1. The van der Waals surface area contributed by atoms with Crippen LogP contribution in [0.15, 0.2) is 42.5 Å². The first-order valence-electron chi connectivity index (χ1n) is 6.94. The first-order chi connectivity index (χ1) is 10.1. The number of rotatable bonds is 6. The quantitative estimate of drug-likeness (QED) is 0.629. The van der Waals surface area contributed by atoms with Gasteiger partial charge in [-0.3, -0.25) is 5.41 Å². The first-order valence-corrected chi connectivity index (χ1v) is 6.94. The highest BCUT2D eigenvalue weighted by molar-refractivity contribution is 5.96. The molecule has 2 rings (SSSR count). The number of hydrogen-bond acceptors (Lipinski definition) is 2. The lowest BCUT2D eigenvalue weighted by Gasteiger charge is -2.11. The summed E-state index contributed by atoms with van der Waals surface area (Å²) in [6.07, 6.45) is 2.16. The van der Waals surface area contributed by atoms with E-state index in [2.05, 4.69) is 6.92 Å². The number of ether oxygens (including phenoxy) is 1. The maximum absolute atomic E-state index is 13.2. The number of aryl methyl sites for hydroxylation is 1. The van der Waals surface area contributed by atoms with Gasteiger partial charge in [-0.2, -0.15) is 0 Å². The fourth-order valence-electron chi connectivity index (χ4n) is 2.13. The topological polar surface area (TPSA) is 59.1 Å². The number of nitrogens with one attached hydrogen (secondary N) is 1. The Labute approximate surface area is 124 Å². The van der Waals surface area contributed by atoms with Gasteiger partial charge in [0.25, 0.3) is 0 Å². The van der Waals surface area contributed by atoms with Gasteiger partial charge in [0.2, 0.25) is 0 Å². The van der Waals surface area contributed by atoms with Crippen LogP contribution in [0.5, 0.6) is 5.75 Å². The lowest BCUT2D eigenvalue weighted by atomic mass is 10.1. The molecule has 4 heteroatoms. The molecule has 0 atom stereocenters. The molecule has 0 aromatic heterocycles. The molecule has 0 heterocycles. The molecule has 2 aromatic carbocycles. The van der Waals surface area contributed by atoms with Gasteiger partial charge in [0.1, 0.15) is 24.0 Å². The molecule has 21 heavy (non-hydrogen) atoms. The van der Waals surface area contributed by atoms with Crippen molar-refractivity contribution in [2.45, 2.75) is 26.4 Å². The summed E-state index contributed by atoms with van der Waals surface area (Å²) >= 11 is 0. The number of nitrogens with two attached hydrogens (primary N) is 1. The van der Waals surface area contributed by atoms with Crippen molar-refractivity contribution in [3.63, 3.8) is 0 Å². The average molecular weight is 286 g/mol. The second-order valence-electron chi connectivity index (χ2n) is 4.90. The molecule has 0 unspecified atom stereocenters. The zero-order chi connectivity index (χ0) is 15.2. The van der Waals surface area contributed by atoms with Crippen LogP contribution < -0.4 is 10.5 Å². The third kappa shape index (κ3) is 4.05. The van der Waals surface area contributed by atoms with Gasteiger partial charge in [-0.15, -0.1) is 0 Å². The van der Waals surface area contributed by atoms with Crippen molar-refractivity contribution >= 4 is 5.84 Å². The van der Waals surface area contributed by atoms with E-state index < -0.39 is 5.82 Å². The van der Waals surface area contributed by atoms with Crippen LogP contribution in [-0.4, -0.2) is 5.84 Å². The molecule has 0 spiro atoms. The predicted octanol–water partition coefficient (Wildman–Crippen LogP) is 3.64. The number of nitrogen functional groups attached to an aromatic ring is 1. The van der Waals surface area contributed by atoms with Crippen molar-refractivity contribution in [3.05, 3.63) is 65.0 Å². The molecule has 0 aliphatic carbocycles. The Kier molecular flexibility index (Phi) is 4.93. The molecule has 2 aromatic rings. The maximum Gasteiger partial charge on any atom is 0.123 e. The summed E-state index contributed by atoms with van der Waals surface area (Å²) in [5.74, 6) is 0.174. The molecular formula is C17H19FN2O. The third-order valence-corrected chi connectivity index (χ3v) is 3.22. The normalized spacial score (nSPS) is 10.4. The van der Waals surface area contributed by atoms with E-state index in [0.29, 0.717) is 11.1 Å². The summed E-state index contributed by atoms with van der Waals surface area (Å²) in [5.41, 5.74) is 7.81. The zero-order valence-electron chi connectivity index (χ0n) is 12.0. The fourth-order valence-corrected chi connectivity index (χ4v) is 2.13. The van der Waals surface area contributed by atoms with E-state index in [-0.39, 0.29) is 12.4 Å². The Balaban J connectivity index is 2.07. The molecule has 0 saturated heterocycles. The monoisotopic (exact) mass is 286 g/mol. The molecule has 0 amide bonds. The minimum absolute atomic E-state index is 0.161. The second kappa shape index (κ2) is 6.88. The lowest BCUT2D eigenvalue weighted by Crippen LogP contribution is -2.15. The molecule has 0 radical (unpaired) electrons. The molecule has 0 fully saturated rings. The Morgan fingerprint density at radius 2 is 1.90 bits per heavy atom. The van der Waals surface area contributed by atoms with Crippen LogP contribution in [0.1, 0.15) is 30.0 Å². The van der Waals surface area contributed by atoms with Gasteiger partial charge >= 0.3 is 0 Å². The number of halogens is 1. The second-order valence-corrected chi connectivity index (χ2v) is 4.90. The summed E-state index contributed by atoms with van der Waals surface area (Å²) in [6, 6.07) is 12.1. The fraction of sp³-hybridized carbons (Fsp3) is 0.235. The first kappa shape index (κ1) is 15.0. The standard InChI is InChI=1S/C17H19FN2O/c1-2-3-12-4-8-15(9-5-12)21-11-13-6-7-14(18)10-16(13)17(19)20/h4-10H,2-3,11H2,1H3,(H3,19,20). The van der Waals surface area contributed by atoms with Crippen molar-refractivity contribution in [2.24, 2.45) is 5.73 Å². The van der Waals surface area contributed by atoms with E-state index in [1.807, 2.05) is 24.3 Å². The number of hydrogen-bond donors (Lipinski definition) is 2. The van der Waals surface area contributed by atoms with Crippen molar-refractivity contribution in [1.29, 1.82) is 5.41 Å². The van der Waals surface area contributed by atoms with Crippen LogP contribution >= 0.6 is 0 Å². The van der Waals surface area contributed by atoms with Crippen molar-refractivity contribution in [2.75, 3.05) is 0 Å². The van der Waals surface area contributed by atoms with Crippen LogP contribution in [0.4, 0.5) is 4.39 Å². The molecule has 3 nitrogen and oxygen atoms in total. The molecule has 0 aliphatic heterocycles. The van der Waals surface area contributed by atoms with E-state index >= 15 is 0 Å². The minimum Gasteiger partial charge on any atom is -0.489 e. The zero-order valence-corrected chi connectivity index (χ0v) is 12.0. The SMILES string of the molecule is CCCc1ccc(OCc2ccc(F)cc2C(=N)N)cc1. The van der Waals surface area contributed by atoms with Crippen molar-refractivity contribution in [3.8, 4) is 5.75 Å². The van der Waals surface area contributed by atoms with Crippen LogP contribution in [0.2, 0.25) is 0 Å². The van der Waals surface area contributed by atoms with E-state index in [1.165, 1.54) is 17.7 Å². The van der Waals surface area contributed by atoms with Gasteiger partial charge in [0.05, 0.1) is 0 Å². The minimum atomic E-state index is -0.409. The van der Waals surface area contributed by atoms with Gasteiger partial charge in [-0.1, -0.05) is 31.5 Å². The maximum atomic E-state index is 13.2. The van der Waals surface area contributed by atoms with Gasteiger partial charge in [-0.25, -0.2) is 4.39 Å². The van der Waals surface area contributed by atoms with Crippen molar-refractivity contribution < 1.29 is 9.13 Å². The Bertz CT molecular complexity index is 623. The third-order valence-electron chi connectivity index (χ3n) is 3.22. The van der Waals surface area contributed by atoms with Crippen LogP contribution in [0.3, 0.4) is 0 Å². The van der Waals surface area contributed by atoms with Crippen LogP contribution in [-0.2, 0) is 13.0 Å². The summed E-state index contributed by atoms with van der Waals surface area (Å²) in [7, 11) is 0. The summed E-state index contributed by atoms with van der Waals surface area (Å²) < 4.78 is 18.9. The average Bonchev–Trinajstić information content (AvgIpc) is 2.47. The van der Waals surface area contributed by atoms with E-state index in [1.54, 1.807) is 6.07 Å². The summed E-state index contributed by atoms with van der Waals surface area (Å²) in [4.78, 5) is 0. The molecule has 0 saturated carbocycles. The van der Waals surface area contributed by atoms with Crippen molar-refractivity contribution in [1.82, 2.24) is 0 Å². The molecule has 0 bridgehead atoms. The molecule has 110 valence electrons. The van der Waals surface area contributed by atoms with E-state index in [9.17, 15) is 4.39 Å². The van der Waals surface area contributed by atoms with Gasteiger partial charge < -0.3 is 10.5 Å². The van der Waals surface area contributed by atoms with Gasteiger partial charge in [-0.05, 0) is 36.2 Å². The Morgan fingerprint density at radius 1 is 1.19 bits per heavy atom. The summed E-state index contributed by atoms with van der Waals surface area (Å²) in [5, 5.41) is 7.49. The highest BCUT2D eigenvalue weighted by Crippen LogP contribution is 2.17. The van der Waals surface area contributed by atoms with Gasteiger partial charge in [0, 0.05) is 11.1 Å². The van der Waals surface area contributed by atoms with Crippen LogP contribution in [0.25, 0.3) is 0 Å². The number of benzene rings is 2. The smallest absolute Gasteiger partial charge is 0.123 e. The largest absolute Gasteiger partial charge is 0.489 e. The summed E-state index contributed by atoms with van der Waals surface area (Å²) in [6.45, 7) is 2.39.